The van der Waals surface area contributed by atoms with Crippen LogP contribution in [0, 0.1) is 10.1 Å². The normalized spacial score (nSPS) is 31.6. The summed E-state index contributed by atoms with van der Waals surface area (Å²) in [6, 6.07) is -0.579. The Morgan fingerprint density at radius 3 is 2.69 bits per heavy atom. The monoisotopic (exact) mass is 182 g/mol. The maximum atomic E-state index is 10.7. The molecule has 1 aliphatic rings. The first-order valence-electron chi connectivity index (χ1n) is 3.81. The quantitative estimate of drug-likeness (QED) is 0.376. The highest BCUT2D eigenvalue weighted by atomic mass is 16.6. The highest BCUT2D eigenvalue weighted by molar-refractivity contribution is 5.69. The molecule has 5 nitrogen and oxygen atoms in total. The first-order chi connectivity index (χ1) is 6.17. The Hall–Kier alpha value is -1.49. The fourth-order valence-electron chi connectivity index (χ4n) is 1.30. The van der Waals surface area contributed by atoms with Gasteiger partial charge in [-0.25, -0.2) is 0 Å². The van der Waals surface area contributed by atoms with Crippen LogP contribution < -0.4 is 5.32 Å². The molecule has 0 aliphatic heterocycles. The van der Waals surface area contributed by atoms with Crippen LogP contribution in [0.15, 0.2) is 24.3 Å². The van der Waals surface area contributed by atoms with Gasteiger partial charge >= 0.3 is 5.54 Å². The van der Waals surface area contributed by atoms with Gasteiger partial charge in [0, 0.05) is 11.0 Å². The van der Waals surface area contributed by atoms with Gasteiger partial charge in [0.05, 0.1) is 0 Å². The van der Waals surface area contributed by atoms with E-state index in [-0.39, 0.29) is 0 Å². The fraction of sp³-hybridized carbons (Fsp3) is 0.375. The average Bonchev–Trinajstić information content (AvgIpc) is 2.17. The van der Waals surface area contributed by atoms with E-state index in [0.29, 0.717) is 6.29 Å². The molecule has 0 aromatic carbocycles. The molecule has 2 unspecified atom stereocenters. The van der Waals surface area contributed by atoms with Gasteiger partial charge in [-0.3, -0.25) is 14.9 Å². The molecular weight excluding hydrogens is 172 g/mol. The second kappa shape index (κ2) is 3.49. The summed E-state index contributed by atoms with van der Waals surface area (Å²) in [6.45, 7) is 0. The third-order valence-corrected chi connectivity index (χ3v) is 2.09. The Labute approximate surface area is 75.3 Å². The number of nitro groups is 1. The van der Waals surface area contributed by atoms with Crippen molar-refractivity contribution in [1.82, 2.24) is 5.32 Å². The predicted molar refractivity (Wildman–Crippen MR) is 46.9 cm³/mol. The molecule has 0 amide bonds. The summed E-state index contributed by atoms with van der Waals surface area (Å²) in [5.41, 5.74) is -1.65. The van der Waals surface area contributed by atoms with Crippen LogP contribution in [0.1, 0.15) is 0 Å². The van der Waals surface area contributed by atoms with Crippen molar-refractivity contribution in [3.8, 4) is 0 Å². The van der Waals surface area contributed by atoms with Crippen LogP contribution >= 0.6 is 0 Å². The Morgan fingerprint density at radius 1 is 1.62 bits per heavy atom. The summed E-state index contributed by atoms with van der Waals surface area (Å²) in [6.07, 6.45) is 6.42. The van der Waals surface area contributed by atoms with E-state index in [1.165, 1.54) is 12.2 Å². The zero-order valence-electron chi connectivity index (χ0n) is 7.14. The first-order valence-corrected chi connectivity index (χ1v) is 3.81. The van der Waals surface area contributed by atoms with Crippen LogP contribution in [0.4, 0.5) is 0 Å². The van der Waals surface area contributed by atoms with Gasteiger partial charge in [0.1, 0.15) is 6.04 Å². The van der Waals surface area contributed by atoms with Crippen LogP contribution in [0.2, 0.25) is 0 Å². The standard InChI is InChI=1S/C8H10N2O3/c1-9-7-4-2-3-5-8(7,6-11)10(12)13/h2-7,9H,1H3. The molecule has 0 spiro atoms. The van der Waals surface area contributed by atoms with Crippen molar-refractivity contribution < 1.29 is 9.72 Å². The molecule has 1 N–H and O–H groups in total. The summed E-state index contributed by atoms with van der Waals surface area (Å²) in [5.74, 6) is 0. The minimum atomic E-state index is -1.65. The van der Waals surface area contributed by atoms with Crippen LogP contribution in [-0.2, 0) is 4.79 Å². The molecule has 1 rings (SSSR count). The molecule has 0 saturated carbocycles. The summed E-state index contributed by atoms with van der Waals surface area (Å²) in [5, 5.41) is 13.4. The number of hydrogen-bond donors (Lipinski definition) is 1. The summed E-state index contributed by atoms with van der Waals surface area (Å²) < 4.78 is 0. The number of nitrogens with zero attached hydrogens (tertiary/aromatic N) is 1. The summed E-state index contributed by atoms with van der Waals surface area (Å²) >= 11 is 0. The molecule has 0 aromatic heterocycles. The Kier molecular flexibility index (Phi) is 2.57. The molecule has 70 valence electrons. The van der Waals surface area contributed by atoms with E-state index >= 15 is 0 Å². The predicted octanol–water partition coefficient (Wildman–Crippen LogP) is -0.0852. The lowest BCUT2D eigenvalue weighted by atomic mass is 9.88. The van der Waals surface area contributed by atoms with E-state index in [4.69, 9.17) is 0 Å². The topological polar surface area (TPSA) is 72.2 Å². The van der Waals surface area contributed by atoms with E-state index in [0.717, 1.165) is 0 Å². The minimum Gasteiger partial charge on any atom is -0.307 e. The van der Waals surface area contributed by atoms with E-state index in [2.05, 4.69) is 5.32 Å². The lowest BCUT2D eigenvalue weighted by molar-refractivity contribution is -0.538. The van der Waals surface area contributed by atoms with Crippen molar-refractivity contribution >= 4 is 6.29 Å². The zero-order valence-corrected chi connectivity index (χ0v) is 7.14. The number of nitrogens with one attached hydrogen (secondary N) is 1. The molecule has 0 heterocycles. The summed E-state index contributed by atoms with van der Waals surface area (Å²) in [4.78, 5) is 20.9. The molecule has 0 aromatic rings. The fourth-order valence-corrected chi connectivity index (χ4v) is 1.30. The molecule has 0 bridgehead atoms. The zero-order chi connectivity index (χ0) is 9.90. The van der Waals surface area contributed by atoms with Gasteiger partial charge < -0.3 is 5.32 Å². The van der Waals surface area contributed by atoms with Crippen LogP contribution in [0.25, 0.3) is 0 Å². The lowest BCUT2D eigenvalue weighted by Crippen LogP contribution is -2.54. The van der Waals surface area contributed by atoms with Gasteiger partial charge in [-0.15, -0.1) is 0 Å². The van der Waals surface area contributed by atoms with Gasteiger partial charge in [0.2, 0.25) is 6.29 Å². The molecular formula is C8H10N2O3. The Morgan fingerprint density at radius 2 is 2.31 bits per heavy atom. The van der Waals surface area contributed by atoms with E-state index in [1.54, 1.807) is 19.2 Å². The van der Waals surface area contributed by atoms with E-state index in [1.807, 2.05) is 0 Å². The van der Waals surface area contributed by atoms with Gasteiger partial charge in [-0.2, -0.15) is 0 Å². The van der Waals surface area contributed by atoms with Crippen molar-refractivity contribution in [3.63, 3.8) is 0 Å². The summed E-state index contributed by atoms with van der Waals surface area (Å²) in [7, 11) is 1.58. The Bertz CT molecular complexity index is 285. The molecule has 2 atom stereocenters. The van der Waals surface area contributed by atoms with Crippen molar-refractivity contribution in [2.45, 2.75) is 11.6 Å². The maximum absolute atomic E-state index is 10.7. The number of carbonyl (C=O) groups is 1. The first kappa shape index (κ1) is 9.60. The molecule has 0 fully saturated rings. The largest absolute Gasteiger partial charge is 0.313 e. The maximum Gasteiger partial charge on any atom is 0.313 e. The molecule has 5 heteroatoms. The number of rotatable bonds is 3. The minimum absolute atomic E-state index is 0.355. The molecule has 0 saturated heterocycles. The van der Waals surface area contributed by atoms with Crippen molar-refractivity contribution in [2.24, 2.45) is 0 Å². The van der Waals surface area contributed by atoms with Crippen LogP contribution in [-0.4, -0.2) is 29.8 Å². The van der Waals surface area contributed by atoms with Crippen molar-refractivity contribution in [1.29, 1.82) is 0 Å². The van der Waals surface area contributed by atoms with Crippen molar-refractivity contribution in [2.75, 3.05) is 7.05 Å². The smallest absolute Gasteiger partial charge is 0.307 e. The number of allylic oxidation sites excluding steroid dienone is 2. The molecule has 1 aliphatic carbocycles. The highest BCUT2D eigenvalue weighted by Gasteiger charge is 2.47. The van der Waals surface area contributed by atoms with E-state index in [9.17, 15) is 14.9 Å². The lowest BCUT2D eigenvalue weighted by Gasteiger charge is -2.24. The average molecular weight is 182 g/mol. The SMILES string of the molecule is CNC1C=CC=CC1(C=O)[N+](=O)[O-]. The van der Waals surface area contributed by atoms with Gasteiger partial charge in [0.25, 0.3) is 0 Å². The number of carbonyl (C=O) groups excluding carboxylic acids is 1. The molecule has 13 heavy (non-hydrogen) atoms. The molecule has 0 radical (unpaired) electrons. The second-order valence-electron chi connectivity index (χ2n) is 2.77. The number of aldehydes is 1. The number of hydrogen-bond acceptors (Lipinski definition) is 4. The second-order valence-corrected chi connectivity index (χ2v) is 2.77. The van der Waals surface area contributed by atoms with Gasteiger partial charge in [0.15, 0.2) is 0 Å². The van der Waals surface area contributed by atoms with Gasteiger partial charge in [-0.1, -0.05) is 18.2 Å². The third-order valence-electron chi connectivity index (χ3n) is 2.09. The Balaban J connectivity index is 3.09. The van der Waals surface area contributed by atoms with Gasteiger partial charge in [-0.05, 0) is 7.05 Å². The highest BCUT2D eigenvalue weighted by Crippen LogP contribution is 2.19. The number of likely N-dealkylation sites (N-methyl/N-ethyl adjacent to an activating group) is 1. The van der Waals surface area contributed by atoms with Crippen LogP contribution in [0.5, 0.6) is 0 Å². The van der Waals surface area contributed by atoms with E-state index < -0.39 is 16.5 Å². The van der Waals surface area contributed by atoms with Crippen LogP contribution in [0.3, 0.4) is 0 Å². The van der Waals surface area contributed by atoms with Crippen molar-refractivity contribution in [3.05, 3.63) is 34.4 Å². The third kappa shape index (κ3) is 1.38.